The zero-order valence-electron chi connectivity index (χ0n) is 12.5. The number of aryl methyl sites for hydroxylation is 1. The molecule has 0 spiro atoms. The van der Waals surface area contributed by atoms with E-state index in [1.807, 2.05) is 30.5 Å². The molecule has 0 bridgehead atoms. The summed E-state index contributed by atoms with van der Waals surface area (Å²) in [5, 5.41) is 5.94. The molecule has 0 unspecified atom stereocenters. The van der Waals surface area contributed by atoms with Gasteiger partial charge >= 0.3 is 0 Å². The minimum atomic E-state index is -0.126. The van der Waals surface area contributed by atoms with E-state index in [0.29, 0.717) is 6.54 Å². The second-order valence-electron chi connectivity index (χ2n) is 4.84. The number of pyridine rings is 1. The van der Waals surface area contributed by atoms with Gasteiger partial charge in [-0.1, -0.05) is 12.1 Å². The number of nitrogens with zero attached hydrogens (tertiary/aromatic N) is 2. The predicted octanol–water partition coefficient (Wildman–Crippen LogP) is 3.90. The van der Waals surface area contributed by atoms with Crippen LogP contribution in [0.15, 0.2) is 48.1 Å². The van der Waals surface area contributed by atoms with E-state index >= 15 is 0 Å². The highest BCUT2D eigenvalue weighted by molar-refractivity contribution is 7.21. The Morgan fingerprint density at radius 2 is 2.26 bits per heavy atom. The Kier molecular flexibility index (Phi) is 4.95. The second-order valence-corrected chi connectivity index (χ2v) is 6.87. The molecule has 23 heavy (non-hydrogen) atoms. The lowest BCUT2D eigenvalue weighted by molar-refractivity contribution is -0.116. The Labute approximate surface area is 142 Å². The van der Waals surface area contributed by atoms with Crippen molar-refractivity contribution >= 4 is 34.7 Å². The van der Waals surface area contributed by atoms with Gasteiger partial charge in [-0.2, -0.15) is 0 Å². The summed E-state index contributed by atoms with van der Waals surface area (Å²) in [7, 11) is 0. The summed E-state index contributed by atoms with van der Waals surface area (Å²) >= 11 is 3.30. The lowest BCUT2D eigenvalue weighted by Crippen LogP contribution is -2.20. The quantitative estimate of drug-likeness (QED) is 0.716. The molecule has 0 aromatic carbocycles. The fraction of sp³-hybridized carbons (Fsp3) is 0.118. The van der Waals surface area contributed by atoms with Gasteiger partial charge < -0.3 is 5.32 Å². The third-order valence-electron chi connectivity index (χ3n) is 3.16. The summed E-state index contributed by atoms with van der Waals surface area (Å²) in [5.41, 5.74) is 1.87. The summed E-state index contributed by atoms with van der Waals surface area (Å²) < 4.78 is 0. The first-order valence-electron chi connectivity index (χ1n) is 7.08. The van der Waals surface area contributed by atoms with Crippen molar-refractivity contribution in [1.82, 2.24) is 15.3 Å². The second kappa shape index (κ2) is 7.30. The molecule has 0 saturated carbocycles. The van der Waals surface area contributed by atoms with Gasteiger partial charge in [0.15, 0.2) is 0 Å². The third kappa shape index (κ3) is 4.12. The number of hydrogen-bond acceptors (Lipinski definition) is 5. The van der Waals surface area contributed by atoms with E-state index in [4.69, 9.17) is 0 Å². The van der Waals surface area contributed by atoms with Gasteiger partial charge in [0.2, 0.25) is 5.91 Å². The summed E-state index contributed by atoms with van der Waals surface area (Å²) in [4.78, 5) is 22.7. The van der Waals surface area contributed by atoms with Crippen LogP contribution in [0.25, 0.3) is 16.0 Å². The van der Waals surface area contributed by atoms with Crippen LogP contribution in [0.1, 0.15) is 16.1 Å². The number of carbonyl (C=O) groups is 1. The van der Waals surface area contributed by atoms with Gasteiger partial charge in [0.25, 0.3) is 0 Å². The van der Waals surface area contributed by atoms with Gasteiger partial charge in [-0.15, -0.1) is 22.7 Å². The number of rotatable bonds is 5. The van der Waals surface area contributed by atoms with Crippen LogP contribution >= 0.6 is 22.7 Å². The molecule has 116 valence electrons. The van der Waals surface area contributed by atoms with E-state index in [2.05, 4.69) is 21.4 Å². The number of nitrogens with one attached hydrogen (secondary N) is 1. The normalized spacial score (nSPS) is 11.0. The van der Waals surface area contributed by atoms with E-state index in [1.54, 1.807) is 41.1 Å². The molecule has 4 nitrogen and oxygen atoms in total. The van der Waals surface area contributed by atoms with Crippen molar-refractivity contribution in [1.29, 1.82) is 0 Å². The Balaban J connectivity index is 1.60. The summed E-state index contributed by atoms with van der Waals surface area (Å²) in [6.07, 6.45) is 6.69. The fourth-order valence-corrected chi connectivity index (χ4v) is 3.77. The molecular formula is C17H15N3OS2. The van der Waals surface area contributed by atoms with Crippen LogP contribution in [0, 0.1) is 6.92 Å². The van der Waals surface area contributed by atoms with Crippen molar-refractivity contribution < 1.29 is 4.79 Å². The Morgan fingerprint density at radius 3 is 3.00 bits per heavy atom. The lowest BCUT2D eigenvalue weighted by Gasteiger charge is -2.00. The maximum Gasteiger partial charge on any atom is 0.244 e. The van der Waals surface area contributed by atoms with Crippen LogP contribution < -0.4 is 5.32 Å². The molecule has 3 rings (SSSR count). The van der Waals surface area contributed by atoms with Gasteiger partial charge in [0.1, 0.15) is 5.01 Å². The molecule has 6 heteroatoms. The van der Waals surface area contributed by atoms with Crippen LogP contribution in [0.5, 0.6) is 0 Å². The molecule has 0 radical (unpaired) electrons. The number of aromatic nitrogens is 2. The molecule has 1 N–H and O–H groups in total. The summed E-state index contributed by atoms with van der Waals surface area (Å²) in [6.45, 7) is 2.46. The van der Waals surface area contributed by atoms with Gasteiger partial charge in [-0.25, -0.2) is 4.98 Å². The van der Waals surface area contributed by atoms with E-state index in [9.17, 15) is 4.79 Å². The van der Waals surface area contributed by atoms with Crippen LogP contribution in [-0.4, -0.2) is 15.9 Å². The lowest BCUT2D eigenvalue weighted by atomic mass is 10.2. The van der Waals surface area contributed by atoms with Gasteiger partial charge in [0, 0.05) is 23.3 Å². The third-order valence-corrected chi connectivity index (χ3v) is 5.36. The molecule has 1 amide bonds. The first-order chi connectivity index (χ1) is 11.2. The Hall–Kier alpha value is -2.31. The van der Waals surface area contributed by atoms with E-state index in [1.165, 1.54) is 6.08 Å². The number of amides is 1. The Bertz CT molecular complexity index is 808. The molecule has 3 aromatic heterocycles. The van der Waals surface area contributed by atoms with Crippen LogP contribution in [-0.2, 0) is 11.3 Å². The minimum absolute atomic E-state index is 0.126. The number of thiazole rings is 1. The topological polar surface area (TPSA) is 54.9 Å². The highest BCUT2D eigenvalue weighted by atomic mass is 32.1. The predicted molar refractivity (Wildman–Crippen MR) is 95.3 cm³/mol. The molecule has 0 fully saturated rings. The zero-order chi connectivity index (χ0) is 16.1. The Morgan fingerprint density at radius 1 is 1.35 bits per heavy atom. The van der Waals surface area contributed by atoms with Crippen molar-refractivity contribution in [3.63, 3.8) is 0 Å². The number of hydrogen-bond donors (Lipinski definition) is 1. The van der Waals surface area contributed by atoms with Crippen LogP contribution in [0.2, 0.25) is 0 Å². The average Bonchev–Trinajstić information content (AvgIpc) is 3.21. The van der Waals surface area contributed by atoms with Crippen LogP contribution in [0.4, 0.5) is 0 Å². The average molecular weight is 341 g/mol. The van der Waals surface area contributed by atoms with Crippen molar-refractivity contribution in [3.05, 3.63) is 64.2 Å². The van der Waals surface area contributed by atoms with Crippen molar-refractivity contribution in [2.45, 2.75) is 13.5 Å². The highest BCUT2D eigenvalue weighted by Gasteiger charge is 2.10. The summed E-state index contributed by atoms with van der Waals surface area (Å²) in [5.74, 6) is -0.126. The molecule has 0 atom stereocenters. The first-order valence-corrected chi connectivity index (χ1v) is 8.78. The van der Waals surface area contributed by atoms with Gasteiger partial charge in [-0.3, -0.25) is 9.78 Å². The molecule has 0 aliphatic rings. The maximum atomic E-state index is 11.9. The number of carbonyl (C=O) groups excluding carboxylic acids is 1. The van der Waals surface area contributed by atoms with E-state index in [-0.39, 0.29) is 5.91 Å². The fourth-order valence-electron chi connectivity index (χ4n) is 1.97. The van der Waals surface area contributed by atoms with E-state index < -0.39 is 0 Å². The van der Waals surface area contributed by atoms with Gasteiger partial charge in [0.05, 0.1) is 17.1 Å². The summed E-state index contributed by atoms with van der Waals surface area (Å²) in [6, 6.07) is 7.81. The molecule has 0 aliphatic carbocycles. The number of thiophene rings is 1. The highest BCUT2D eigenvalue weighted by Crippen LogP contribution is 2.30. The molecular weight excluding hydrogens is 326 g/mol. The maximum absolute atomic E-state index is 11.9. The van der Waals surface area contributed by atoms with Crippen molar-refractivity contribution in [2.75, 3.05) is 0 Å². The minimum Gasteiger partial charge on any atom is -0.348 e. The smallest absolute Gasteiger partial charge is 0.244 e. The van der Waals surface area contributed by atoms with Gasteiger partial charge in [-0.05, 0) is 36.1 Å². The molecule has 3 aromatic rings. The van der Waals surface area contributed by atoms with Crippen molar-refractivity contribution in [2.24, 2.45) is 0 Å². The molecule has 0 saturated heterocycles. The SMILES string of the molecule is Cc1nc(-c2cccs2)sc1CNC(=O)/C=C/c1cccnc1. The standard InChI is InChI=1S/C17H15N3OS2/c1-12-15(23-17(20-12)14-5-3-9-22-14)11-19-16(21)7-6-13-4-2-8-18-10-13/h2-10H,11H2,1H3,(H,19,21)/b7-6+. The van der Waals surface area contributed by atoms with Crippen LogP contribution in [0.3, 0.4) is 0 Å². The molecule has 0 aliphatic heterocycles. The first kappa shape index (κ1) is 15.6. The van der Waals surface area contributed by atoms with E-state index in [0.717, 1.165) is 26.0 Å². The largest absolute Gasteiger partial charge is 0.348 e. The monoisotopic (exact) mass is 341 g/mol. The zero-order valence-corrected chi connectivity index (χ0v) is 14.2. The van der Waals surface area contributed by atoms with Crippen molar-refractivity contribution in [3.8, 4) is 9.88 Å². The molecule has 3 heterocycles.